The van der Waals surface area contributed by atoms with Crippen LogP contribution in [0.3, 0.4) is 0 Å². The lowest BCUT2D eigenvalue weighted by atomic mass is 9.93. The second kappa shape index (κ2) is 6.45. The maximum atomic E-state index is 12.6. The molecule has 2 rings (SSSR count). The molecule has 20 heavy (non-hydrogen) atoms. The molecule has 0 bridgehead atoms. The lowest BCUT2D eigenvalue weighted by molar-refractivity contribution is -0.122. The largest absolute Gasteiger partial charge is 0.495 e. The molecule has 1 atom stereocenters. The molecule has 1 aliphatic rings. The van der Waals surface area contributed by atoms with Gasteiger partial charge in [0.2, 0.25) is 5.91 Å². The van der Waals surface area contributed by atoms with Crippen LogP contribution in [0.25, 0.3) is 0 Å². The van der Waals surface area contributed by atoms with Gasteiger partial charge in [-0.05, 0) is 63.7 Å². The lowest BCUT2D eigenvalue weighted by Gasteiger charge is -2.27. The lowest BCUT2D eigenvalue weighted by Crippen LogP contribution is -2.50. The summed E-state index contributed by atoms with van der Waals surface area (Å²) in [7, 11) is 1.60. The second-order valence-electron chi connectivity index (χ2n) is 4.89. The Hall–Kier alpha value is -0.590. The van der Waals surface area contributed by atoms with Crippen molar-refractivity contribution in [2.45, 2.75) is 31.7 Å². The highest BCUT2D eigenvalue weighted by atomic mass is 79.9. The summed E-state index contributed by atoms with van der Waals surface area (Å²) in [5, 5.41) is 6.33. The normalized spacial score (nSPS) is 21.8. The van der Waals surface area contributed by atoms with Crippen molar-refractivity contribution >= 4 is 43.5 Å². The van der Waals surface area contributed by atoms with Crippen molar-refractivity contribution in [3.63, 3.8) is 0 Å². The van der Waals surface area contributed by atoms with E-state index in [4.69, 9.17) is 4.74 Å². The second-order valence-corrected chi connectivity index (χ2v) is 6.60. The molecule has 110 valence electrons. The number of nitrogens with one attached hydrogen (secondary N) is 2. The van der Waals surface area contributed by atoms with E-state index >= 15 is 0 Å². The van der Waals surface area contributed by atoms with Crippen molar-refractivity contribution in [3.05, 3.63) is 21.1 Å². The van der Waals surface area contributed by atoms with Crippen LogP contribution in [0, 0.1) is 0 Å². The topological polar surface area (TPSA) is 50.4 Å². The fourth-order valence-electron chi connectivity index (χ4n) is 2.49. The first kappa shape index (κ1) is 15.8. The van der Waals surface area contributed by atoms with Crippen LogP contribution >= 0.6 is 31.9 Å². The average molecular weight is 406 g/mol. The molecule has 0 radical (unpaired) electrons. The Kier molecular flexibility index (Phi) is 5.09. The standard InChI is InChI=1S/C14H18Br2N2O2/c1-3-14(5-4-6-17-14)13(19)18-11-8-12(20-2)10(16)7-9(11)15/h7-8,17H,3-6H2,1-2H3,(H,18,19). The minimum atomic E-state index is -0.445. The molecule has 2 N–H and O–H groups in total. The summed E-state index contributed by atoms with van der Waals surface area (Å²) >= 11 is 6.88. The van der Waals surface area contributed by atoms with Gasteiger partial charge in [-0.25, -0.2) is 0 Å². The highest BCUT2D eigenvalue weighted by molar-refractivity contribution is 9.11. The van der Waals surface area contributed by atoms with Crippen LogP contribution in [0.15, 0.2) is 21.1 Å². The molecule has 1 unspecified atom stereocenters. The van der Waals surface area contributed by atoms with E-state index in [0.29, 0.717) is 5.75 Å². The van der Waals surface area contributed by atoms with Gasteiger partial charge in [-0.3, -0.25) is 4.79 Å². The predicted molar refractivity (Wildman–Crippen MR) is 87.3 cm³/mol. The molecular formula is C14H18Br2N2O2. The fraction of sp³-hybridized carbons (Fsp3) is 0.500. The average Bonchev–Trinajstić information content (AvgIpc) is 2.91. The highest BCUT2D eigenvalue weighted by Crippen LogP contribution is 2.35. The van der Waals surface area contributed by atoms with Crippen molar-refractivity contribution in [1.29, 1.82) is 0 Å². The third-order valence-electron chi connectivity index (χ3n) is 3.77. The summed E-state index contributed by atoms with van der Waals surface area (Å²) in [5.41, 5.74) is 0.274. The van der Waals surface area contributed by atoms with E-state index in [1.165, 1.54) is 0 Å². The Morgan fingerprint density at radius 3 is 2.75 bits per heavy atom. The summed E-state index contributed by atoms with van der Waals surface area (Å²) in [5.74, 6) is 0.705. The van der Waals surface area contributed by atoms with Crippen LogP contribution in [0.2, 0.25) is 0 Å². The molecule has 1 fully saturated rings. The molecule has 1 aliphatic heterocycles. The smallest absolute Gasteiger partial charge is 0.244 e. The number of hydrogen-bond acceptors (Lipinski definition) is 3. The zero-order valence-corrected chi connectivity index (χ0v) is 14.7. The summed E-state index contributed by atoms with van der Waals surface area (Å²) in [6.07, 6.45) is 2.69. The molecule has 1 amide bonds. The molecule has 0 aromatic heterocycles. The predicted octanol–water partition coefficient (Wildman–Crippen LogP) is 3.69. The molecule has 1 aromatic rings. The Morgan fingerprint density at radius 2 is 2.20 bits per heavy atom. The molecule has 4 nitrogen and oxygen atoms in total. The van der Waals surface area contributed by atoms with Gasteiger partial charge in [-0.2, -0.15) is 0 Å². The first-order valence-corrected chi connectivity index (χ1v) is 8.20. The van der Waals surface area contributed by atoms with Crippen LogP contribution in [-0.4, -0.2) is 25.1 Å². The quantitative estimate of drug-likeness (QED) is 0.802. The van der Waals surface area contributed by atoms with E-state index in [2.05, 4.69) is 42.5 Å². The minimum Gasteiger partial charge on any atom is -0.495 e. The van der Waals surface area contributed by atoms with Crippen molar-refractivity contribution < 1.29 is 9.53 Å². The maximum absolute atomic E-state index is 12.6. The number of carbonyl (C=O) groups is 1. The zero-order valence-electron chi connectivity index (χ0n) is 11.6. The third kappa shape index (κ3) is 3.02. The molecule has 1 heterocycles. The number of carbonyl (C=O) groups excluding carboxylic acids is 1. The number of anilines is 1. The molecule has 0 spiro atoms. The van der Waals surface area contributed by atoms with E-state index in [9.17, 15) is 4.79 Å². The van der Waals surface area contributed by atoms with Gasteiger partial charge in [0.15, 0.2) is 0 Å². The Morgan fingerprint density at radius 1 is 1.45 bits per heavy atom. The summed E-state index contributed by atoms with van der Waals surface area (Å²) in [6, 6.07) is 3.68. The Labute approximate surface area is 135 Å². The summed E-state index contributed by atoms with van der Waals surface area (Å²) in [6.45, 7) is 2.93. The Balaban J connectivity index is 2.23. The van der Waals surface area contributed by atoms with Gasteiger partial charge in [-0.15, -0.1) is 0 Å². The van der Waals surface area contributed by atoms with E-state index in [-0.39, 0.29) is 5.91 Å². The van der Waals surface area contributed by atoms with Gasteiger partial charge in [0.1, 0.15) is 5.75 Å². The third-order valence-corrected chi connectivity index (χ3v) is 5.05. The van der Waals surface area contributed by atoms with Gasteiger partial charge in [0, 0.05) is 10.5 Å². The van der Waals surface area contributed by atoms with Crippen LogP contribution in [0.5, 0.6) is 5.75 Å². The van der Waals surface area contributed by atoms with Gasteiger partial charge in [0.25, 0.3) is 0 Å². The Bertz CT molecular complexity index is 514. The van der Waals surface area contributed by atoms with E-state index in [1.807, 2.05) is 19.1 Å². The molecular weight excluding hydrogens is 388 g/mol. The molecule has 0 saturated carbocycles. The number of ether oxygens (including phenoxy) is 1. The SMILES string of the molecule is CCC1(C(=O)Nc2cc(OC)c(Br)cc2Br)CCCN1. The summed E-state index contributed by atoms with van der Waals surface area (Å²) in [4.78, 5) is 12.6. The maximum Gasteiger partial charge on any atom is 0.244 e. The number of halogens is 2. The van der Waals surface area contributed by atoms with E-state index in [0.717, 1.165) is 40.4 Å². The van der Waals surface area contributed by atoms with Gasteiger partial charge < -0.3 is 15.4 Å². The zero-order chi connectivity index (χ0) is 14.8. The summed E-state index contributed by atoms with van der Waals surface area (Å²) < 4.78 is 6.93. The van der Waals surface area contributed by atoms with Crippen LogP contribution in [0.4, 0.5) is 5.69 Å². The van der Waals surface area contributed by atoms with Gasteiger partial charge in [-0.1, -0.05) is 6.92 Å². The van der Waals surface area contributed by atoms with Crippen molar-refractivity contribution in [2.24, 2.45) is 0 Å². The fourth-order valence-corrected chi connectivity index (χ4v) is 3.74. The molecule has 0 aliphatic carbocycles. The molecule has 1 saturated heterocycles. The van der Waals surface area contributed by atoms with E-state index < -0.39 is 5.54 Å². The van der Waals surface area contributed by atoms with Crippen molar-refractivity contribution in [2.75, 3.05) is 19.0 Å². The van der Waals surface area contributed by atoms with Gasteiger partial charge in [0.05, 0.1) is 22.8 Å². The highest BCUT2D eigenvalue weighted by Gasteiger charge is 2.39. The number of amides is 1. The van der Waals surface area contributed by atoms with Crippen molar-refractivity contribution in [3.8, 4) is 5.75 Å². The van der Waals surface area contributed by atoms with Crippen molar-refractivity contribution in [1.82, 2.24) is 5.32 Å². The van der Waals surface area contributed by atoms with E-state index in [1.54, 1.807) is 7.11 Å². The van der Waals surface area contributed by atoms with Gasteiger partial charge >= 0.3 is 0 Å². The number of methoxy groups -OCH3 is 1. The first-order valence-electron chi connectivity index (χ1n) is 6.62. The number of benzene rings is 1. The number of hydrogen-bond donors (Lipinski definition) is 2. The molecule has 1 aromatic carbocycles. The molecule has 6 heteroatoms. The minimum absolute atomic E-state index is 0.0163. The van der Waals surface area contributed by atoms with Crippen LogP contribution in [0.1, 0.15) is 26.2 Å². The monoisotopic (exact) mass is 404 g/mol. The van der Waals surface area contributed by atoms with Crippen LogP contribution in [-0.2, 0) is 4.79 Å². The number of rotatable bonds is 4. The first-order chi connectivity index (χ1) is 9.52. The van der Waals surface area contributed by atoms with Crippen LogP contribution < -0.4 is 15.4 Å².